The summed E-state index contributed by atoms with van der Waals surface area (Å²) < 4.78 is 33.1. The van der Waals surface area contributed by atoms with E-state index in [1.807, 2.05) is 6.07 Å². The van der Waals surface area contributed by atoms with Gasteiger partial charge >= 0.3 is 0 Å². The Labute approximate surface area is 167 Å². The van der Waals surface area contributed by atoms with Crippen LogP contribution in [0, 0.1) is 0 Å². The van der Waals surface area contributed by atoms with Crippen molar-refractivity contribution in [3.63, 3.8) is 0 Å². The Morgan fingerprint density at radius 3 is 2.57 bits per heavy atom. The van der Waals surface area contributed by atoms with E-state index in [1.165, 1.54) is 11.8 Å². The number of aromatic nitrogens is 1. The van der Waals surface area contributed by atoms with Crippen LogP contribution < -0.4 is 9.30 Å². The summed E-state index contributed by atoms with van der Waals surface area (Å²) in [5.74, 6) is 0.639. The van der Waals surface area contributed by atoms with Crippen LogP contribution in [0.2, 0.25) is 0 Å². The van der Waals surface area contributed by atoms with Gasteiger partial charge in [-0.15, -0.1) is 0 Å². The molecule has 0 aliphatic carbocycles. The SMILES string of the molecule is CCC1(C)C(C)c2cc3c(cc2-c2cc(C(C)(C)C)cc[n+]21)S(=O)(=O)C=CO3. The molecule has 2 unspecified atom stereocenters. The Kier molecular flexibility index (Phi) is 4.06. The van der Waals surface area contributed by atoms with Crippen LogP contribution in [-0.4, -0.2) is 8.42 Å². The van der Waals surface area contributed by atoms with Crippen LogP contribution in [0.3, 0.4) is 0 Å². The maximum atomic E-state index is 12.6. The second kappa shape index (κ2) is 5.93. The van der Waals surface area contributed by atoms with Crippen LogP contribution in [0.1, 0.15) is 65.0 Å². The van der Waals surface area contributed by atoms with Gasteiger partial charge in [-0.1, -0.05) is 34.6 Å². The van der Waals surface area contributed by atoms with Gasteiger partial charge < -0.3 is 4.74 Å². The molecule has 1 aromatic carbocycles. The molecule has 5 heteroatoms. The minimum atomic E-state index is -3.48. The van der Waals surface area contributed by atoms with E-state index in [9.17, 15) is 8.42 Å². The highest BCUT2D eigenvalue weighted by Gasteiger charge is 2.47. The summed E-state index contributed by atoms with van der Waals surface area (Å²) in [7, 11) is -3.48. The van der Waals surface area contributed by atoms with Crippen molar-refractivity contribution >= 4 is 9.84 Å². The maximum Gasteiger partial charge on any atom is 0.213 e. The van der Waals surface area contributed by atoms with Gasteiger partial charge in [0.15, 0.2) is 11.7 Å². The van der Waals surface area contributed by atoms with E-state index < -0.39 is 9.84 Å². The average Bonchev–Trinajstić information content (AvgIpc) is 2.64. The summed E-state index contributed by atoms with van der Waals surface area (Å²) >= 11 is 0. The van der Waals surface area contributed by atoms with Gasteiger partial charge in [-0.25, -0.2) is 8.42 Å². The quantitative estimate of drug-likeness (QED) is 0.647. The molecule has 4 rings (SSSR count). The summed E-state index contributed by atoms with van der Waals surface area (Å²) in [4.78, 5) is 0.244. The van der Waals surface area contributed by atoms with E-state index in [0.29, 0.717) is 5.75 Å². The van der Waals surface area contributed by atoms with Crippen LogP contribution in [-0.2, 0) is 20.8 Å². The fourth-order valence-corrected chi connectivity index (χ4v) is 5.38. The van der Waals surface area contributed by atoms with E-state index in [1.54, 1.807) is 6.07 Å². The van der Waals surface area contributed by atoms with E-state index in [2.05, 4.69) is 64.4 Å². The molecule has 148 valence electrons. The normalized spacial score (nSPS) is 24.7. The van der Waals surface area contributed by atoms with Gasteiger partial charge in [0, 0.05) is 31.4 Å². The van der Waals surface area contributed by atoms with Crippen molar-refractivity contribution in [2.45, 2.75) is 69.7 Å². The van der Waals surface area contributed by atoms with Gasteiger partial charge in [-0.2, -0.15) is 4.57 Å². The molecule has 0 N–H and O–H groups in total. The lowest BCUT2D eigenvalue weighted by Gasteiger charge is -2.37. The molecule has 0 amide bonds. The van der Waals surface area contributed by atoms with Crippen molar-refractivity contribution in [2.24, 2.45) is 0 Å². The summed E-state index contributed by atoms with van der Waals surface area (Å²) in [6.07, 6.45) is 4.40. The number of sulfone groups is 1. The minimum Gasteiger partial charge on any atom is -0.463 e. The lowest BCUT2D eigenvalue weighted by Crippen LogP contribution is -2.60. The van der Waals surface area contributed by atoms with E-state index in [0.717, 1.165) is 28.6 Å². The molecular weight excluding hydrogens is 370 g/mol. The van der Waals surface area contributed by atoms with Crippen LogP contribution in [0.5, 0.6) is 5.75 Å². The molecule has 0 radical (unpaired) electrons. The first-order valence-electron chi connectivity index (χ1n) is 9.82. The maximum absolute atomic E-state index is 12.6. The summed E-state index contributed by atoms with van der Waals surface area (Å²) in [5, 5.41) is 1.13. The van der Waals surface area contributed by atoms with Crippen LogP contribution in [0.4, 0.5) is 0 Å². The number of nitrogens with zero attached hydrogens (tertiary/aromatic N) is 1. The summed E-state index contributed by atoms with van der Waals surface area (Å²) in [6, 6.07) is 8.14. The monoisotopic (exact) mass is 398 g/mol. The minimum absolute atomic E-state index is 0.00751. The largest absolute Gasteiger partial charge is 0.463 e. The lowest BCUT2D eigenvalue weighted by molar-refractivity contribution is -0.757. The molecule has 0 bridgehead atoms. The van der Waals surface area contributed by atoms with Gasteiger partial charge in [-0.3, -0.25) is 0 Å². The Balaban J connectivity index is 2.07. The second-order valence-electron chi connectivity index (χ2n) is 9.17. The Bertz CT molecular complexity index is 1110. The molecular formula is C23H28NO3S+. The molecule has 2 atom stereocenters. The molecule has 28 heavy (non-hydrogen) atoms. The Morgan fingerprint density at radius 2 is 1.93 bits per heavy atom. The lowest BCUT2D eigenvalue weighted by atomic mass is 9.73. The highest BCUT2D eigenvalue weighted by molar-refractivity contribution is 7.94. The van der Waals surface area contributed by atoms with E-state index in [-0.39, 0.29) is 21.8 Å². The fraction of sp³-hybridized carbons (Fsp3) is 0.435. The number of pyridine rings is 1. The molecule has 2 aliphatic heterocycles. The molecule has 2 aliphatic rings. The second-order valence-corrected chi connectivity index (χ2v) is 11.0. The fourth-order valence-electron chi connectivity index (χ4n) is 4.36. The highest BCUT2D eigenvalue weighted by atomic mass is 32.2. The van der Waals surface area contributed by atoms with E-state index in [4.69, 9.17) is 4.74 Å². The first-order chi connectivity index (χ1) is 13.0. The van der Waals surface area contributed by atoms with Crippen LogP contribution >= 0.6 is 0 Å². The first kappa shape index (κ1) is 19.2. The van der Waals surface area contributed by atoms with Crippen LogP contribution in [0.15, 0.2) is 47.0 Å². The standard InChI is InChI=1S/C23H28NO3S/c1-7-23(6)15(2)17-13-20-21(28(25,26)11-10-27-20)14-18(17)19-12-16(22(3,4)5)8-9-24(19)23/h8-15H,7H2,1-6H3/q+1. The molecule has 0 spiro atoms. The molecule has 3 heterocycles. The summed E-state index contributed by atoms with van der Waals surface area (Å²) in [5.41, 5.74) is 4.32. The molecule has 0 saturated carbocycles. The number of ether oxygens (including phenoxy) is 1. The number of benzene rings is 1. The van der Waals surface area contributed by atoms with Crippen molar-refractivity contribution < 1.29 is 17.7 Å². The van der Waals surface area contributed by atoms with Gasteiger partial charge in [0.25, 0.3) is 0 Å². The summed E-state index contributed by atoms with van der Waals surface area (Å²) in [6.45, 7) is 13.3. The number of hydrogen-bond donors (Lipinski definition) is 0. The van der Waals surface area contributed by atoms with E-state index >= 15 is 0 Å². The highest BCUT2D eigenvalue weighted by Crippen LogP contribution is 2.47. The number of fused-ring (bicyclic) bond motifs is 4. The topological polar surface area (TPSA) is 47.2 Å². The third-order valence-electron chi connectivity index (χ3n) is 6.61. The van der Waals surface area contributed by atoms with Gasteiger partial charge in [0.1, 0.15) is 16.9 Å². The van der Waals surface area contributed by atoms with Crippen molar-refractivity contribution in [3.05, 3.63) is 53.3 Å². The molecule has 0 fully saturated rings. The van der Waals surface area contributed by atoms with Crippen molar-refractivity contribution in [2.75, 3.05) is 0 Å². The third kappa shape index (κ3) is 2.63. The smallest absolute Gasteiger partial charge is 0.213 e. The van der Waals surface area contributed by atoms with Gasteiger partial charge in [-0.05, 0) is 28.7 Å². The van der Waals surface area contributed by atoms with Gasteiger partial charge in [0.2, 0.25) is 15.5 Å². The number of rotatable bonds is 1. The molecule has 4 nitrogen and oxygen atoms in total. The molecule has 0 saturated heterocycles. The zero-order chi connectivity index (χ0) is 20.5. The predicted octanol–water partition coefficient (Wildman–Crippen LogP) is 4.82. The Morgan fingerprint density at radius 1 is 1.21 bits per heavy atom. The van der Waals surface area contributed by atoms with Crippen LogP contribution in [0.25, 0.3) is 11.3 Å². The predicted molar refractivity (Wildman–Crippen MR) is 110 cm³/mol. The first-order valence-corrected chi connectivity index (χ1v) is 11.4. The zero-order valence-electron chi connectivity index (χ0n) is 17.4. The van der Waals surface area contributed by atoms with Crippen molar-refractivity contribution in [3.8, 4) is 17.0 Å². The third-order valence-corrected chi connectivity index (χ3v) is 8.02. The zero-order valence-corrected chi connectivity index (χ0v) is 18.2. The number of hydrogen-bond acceptors (Lipinski definition) is 3. The van der Waals surface area contributed by atoms with Crippen molar-refractivity contribution in [1.29, 1.82) is 0 Å². The van der Waals surface area contributed by atoms with Crippen molar-refractivity contribution in [1.82, 2.24) is 0 Å². The Hall–Kier alpha value is -2.14. The molecule has 1 aromatic heterocycles. The molecule has 2 aromatic rings. The average molecular weight is 399 g/mol. The van der Waals surface area contributed by atoms with Gasteiger partial charge in [0.05, 0.1) is 11.0 Å².